The molecule has 202 valence electrons. The average molecular weight is 550 g/mol. The quantitative estimate of drug-likeness (QED) is 0.335. The van der Waals surface area contributed by atoms with Crippen LogP contribution in [0.1, 0.15) is 44.3 Å². The zero-order valence-corrected chi connectivity index (χ0v) is 22.0. The van der Waals surface area contributed by atoms with E-state index in [1.54, 1.807) is 72.7 Å². The molecule has 0 saturated carbocycles. The monoisotopic (exact) mass is 549 g/mol. The molecule has 0 bridgehead atoms. The van der Waals surface area contributed by atoms with Gasteiger partial charge in [-0.3, -0.25) is 19.4 Å². The molecule has 0 aromatic heterocycles. The van der Waals surface area contributed by atoms with Gasteiger partial charge in [-0.1, -0.05) is 24.3 Å². The van der Waals surface area contributed by atoms with E-state index < -0.39 is 12.0 Å². The van der Waals surface area contributed by atoms with E-state index in [2.05, 4.69) is 20.9 Å². The number of rotatable bonds is 8. The Hall–Kier alpha value is -4.57. The molecule has 4 N–H and O–H groups in total. The lowest BCUT2D eigenvalue weighted by Gasteiger charge is -2.27. The maximum Gasteiger partial charge on any atom is 0.305 e. The number of carbonyl (C=O) groups is 3. The first-order valence-corrected chi connectivity index (χ1v) is 12.2. The molecule has 0 spiro atoms. The van der Waals surface area contributed by atoms with E-state index in [9.17, 15) is 19.5 Å². The summed E-state index contributed by atoms with van der Waals surface area (Å²) in [5, 5.41) is 18.7. The topological polar surface area (TPSA) is 132 Å². The standard InChI is InChI=1S/C28H27N5O5.ClH/c1-38-22-9-6-17(7-10-22)24(15-25(34)35)33-16-19-5-8-21(14-23(19)27(33)37)31-26(36)18-3-2-4-20(13-18)32-28-29-11-12-30-28;/h2-10,13-14,24H,11-12,15-16H2,1H3,(H,31,36)(H,34,35)(H2,29,30,32);1H. The van der Waals surface area contributed by atoms with Crippen molar-refractivity contribution < 1.29 is 24.2 Å². The Morgan fingerprint density at radius 2 is 1.90 bits per heavy atom. The van der Waals surface area contributed by atoms with Crippen LogP contribution in [0, 0.1) is 0 Å². The minimum Gasteiger partial charge on any atom is -0.497 e. The van der Waals surface area contributed by atoms with E-state index in [0.717, 1.165) is 17.8 Å². The van der Waals surface area contributed by atoms with Crippen molar-refractivity contribution in [1.82, 2.24) is 10.2 Å². The minimum atomic E-state index is -1.00. The molecule has 2 heterocycles. The lowest BCUT2D eigenvalue weighted by molar-refractivity contribution is -0.138. The first-order chi connectivity index (χ1) is 18.4. The van der Waals surface area contributed by atoms with Crippen LogP contribution in [0.25, 0.3) is 0 Å². The molecule has 0 radical (unpaired) electrons. The van der Waals surface area contributed by atoms with Crippen molar-refractivity contribution in [1.29, 1.82) is 0 Å². The van der Waals surface area contributed by atoms with Crippen LogP contribution in [-0.2, 0) is 11.3 Å². The fourth-order valence-electron chi connectivity index (χ4n) is 4.61. The van der Waals surface area contributed by atoms with Gasteiger partial charge < -0.3 is 30.7 Å². The van der Waals surface area contributed by atoms with Gasteiger partial charge in [0.2, 0.25) is 0 Å². The van der Waals surface area contributed by atoms with E-state index >= 15 is 0 Å². The molecule has 39 heavy (non-hydrogen) atoms. The van der Waals surface area contributed by atoms with Crippen molar-refractivity contribution in [2.45, 2.75) is 19.0 Å². The zero-order chi connectivity index (χ0) is 26.6. The third-order valence-corrected chi connectivity index (χ3v) is 6.51. The Labute approximate surface area is 231 Å². The van der Waals surface area contributed by atoms with E-state index in [1.165, 1.54) is 0 Å². The number of benzene rings is 3. The van der Waals surface area contributed by atoms with Crippen molar-refractivity contribution in [2.75, 3.05) is 30.8 Å². The molecule has 10 nitrogen and oxygen atoms in total. The Morgan fingerprint density at radius 3 is 2.59 bits per heavy atom. The predicted molar refractivity (Wildman–Crippen MR) is 150 cm³/mol. The highest BCUT2D eigenvalue weighted by molar-refractivity contribution is 6.07. The van der Waals surface area contributed by atoms with Crippen LogP contribution in [-0.4, -0.2) is 53.9 Å². The summed E-state index contributed by atoms with van der Waals surface area (Å²) in [4.78, 5) is 43.9. The van der Waals surface area contributed by atoms with Gasteiger partial charge in [0.05, 0.1) is 26.1 Å². The minimum absolute atomic E-state index is 0. The summed E-state index contributed by atoms with van der Waals surface area (Å²) in [5.74, 6) is -0.298. The highest BCUT2D eigenvalue weighted by Crippen LogP contribution is 2.35. The molecule has 11 heteroatoms. The summed E-state index contributed by atoms with van der Waals surface area (Å²) in [7, 11) is 1.55. The lowest BCUT2D eigenvalue weighted by Crippen LogP contribution is -2.30. The molecular formula is C28H28ClN5O5. The molecule has 2 aliphatic heterocycles. The number of ether oxygens (including phenoxy) is 1. The van der Waals surface area contributed by atoms with E-state index in [0.29, 0.717) is 40.6 Å². The molecule has 5 rings (SSSR count). The Morgan fingerprint density at radius 1 is 1.10 bits per heavy atom. The normalized spacial score (nSPS) is 14.4. The molecule has 0 saturated heterocycles. The molecule has 0 aliphatic carbocycles. The van der Waals surface area contributed by atoms with Crippen LogP contribution in [0.3, 0.4) is 0 Å². The number of fused-ring (bicyclic) bond motifs is 1. The smallest absolute Gasteiger partial charge is 0.305 e. The van der Waals surface area contributed by atoms with Gasteiger partial charge in [0.15, 0.2) is 5.96 Å². The van der Waals surface area contributed by atoms with Crippen LogP contribution in [0.2, 0.25) is 0 Å². The summed E-state index contributed by atoms with van der Waals surface area (Å²) in [6.45, 7) is 1.75. The van der Waals surface area contributed by atoms with Gasteiger partial charge in [-0.15, -0.1) is 12.4 Å². The van der Waals surface area contributed by atoms with E-state index in [1.807, 2.05) is 6.07 Å². The number of hydrogen-bond donors (Lipinski definition) is 4. The number of anilines is 2. The maximum absolute atomic E-state index is 13.4. The molecule has 2 amide bonds. The van der Waals surface area contributed by atoms with Gasteiger partial charge >= 0.3 is 5.97 Å². The molecule has 3 aromatic rings. The molecule has 3 aromatic carbocycles. The van der Waals surface area contributed by atoms with Crippen LogP contribution >= 0.6 is 12.4 Å². The number of methoxy groups -OCH3 is 1. The van der Waals surface area contributed by atoms with E-state index in [4.69, 9.17) is 4.74 Å². The number of guanidine groups is 1. The Bertz CT molecular complexity index is 1430. The average Bonchev–Trinajstić information content (AvgIpc) is 3.55. The van der Waals surface area contributed by atoms with Crippen molar-refractivity contribution in [3.8, 4) is 5.75 Å². The number of hydrogen-bond acceptors (Lipinski definition) is 7. The second-order valence-corrected chi connectivity index (χ2v) is 9.01. The fourth-order valence-corrected chi connectivity index (χ4v) is 4.61. The van der Waals surface area contributed by atoms with Gasteiger partial charge in [-0.25, -0.2) is 0 Å². The Balaban J connectivity index is 0.00000353. The number of amides is 2. The highest BCUT2D eigenvalue weighted by Gasteiger charge is 2.35. The third-order valence-electron chi connectivity index (χ3n) is 6.51. The van der Waals surface area contributed by atoms with Crippen molar-refractivity contribution in [3.05, 3.63) is 89.0 Å². The van der Waals surface area contributed by atoms with Crippen molar-refractivity contribution in [2.24, 2.45) is 4.99 Å². The number of aliphatic imine (C=N–C) groups is 1. The molecule has 1 atom stereocenters. The summed E-state index contributed by atoms with van der Waals surface area (Å²) in [6, 6.07) is 18.6. The number of carboxylic acids is 1. The summed E-state index contributed by atoms with van der Waals surface area (Å²) in [5.41, 5.74) is 3.57. The second-order valence-electron chi connectivity index (χ2n) is 9.01. The van der Waals surface area contributed by atoms with Gasteiger partial charge in [-0.2, -0.15) is 0 Å². The largest absolute Gasteiger partial charge is 0.497 e. The number of halogens is 1. The third kappa shape index (κ3) is 6.12. The van der Waals surface area contributed by atoms with Gasteiger partial charge in [0.1, 0.15) is 5.75 Å². The van der Waals surface area contributed by atoms with Gasteiger partial charge in [0, 0.05) is 35.6 Å². The second kappa shape index (κ2) is 11.9. The number of carboxylic acid groups (broad SMARTS) is 1. The Kier molecular flexibility index (Phi) is 8.36. The molecule has 1 unspecified atom stereocenters. The number of nitrogens with one attached hydrogen (secondary N) is 3. The first kappa shape index (κ1) is 27.5. The SMILES string of the molecule is COc1ccc(C(CC(=O)O)N2Cc3ccc(NC(=O)c4cccc(NC5=NCCN5)c4)cc3C2=O)cc1.Cl. The number of aliphatic carboxylic acids is 1. The molecule has 0 fully saturated rings. The van der Waals surface area contributed by atoms with Crippen LogP contribution in [0.5, 0.6) is 5.75 Å². The van der Waals surface area contributed by atoms with E-state index in [-0.39, 0.29) is 37.2 Å². The maximum atomic E-state index is 13.4. The number of carbonyl (C=O) groups excluding carboxylic acids is 2. The summed E-state index contributed by atoms with van der Waals surface area (Å²) in [6.07, 6.45) is -0.234. The number of nitrogens with zero attached hydrogens (tertiary/aromatic N) is 2. The van der Waals surface area contributed by atoms with Crippen LogP contribution in [0.4, 0.5) is 11.4 Å². The van der Waals surface area contributed by atoms with Crippen molar-refractivity contribution in [3.63, 3.8) is 0 Å². The lowest BCUT2D eigenvalue weighted by atomic mass is 10.0. The van der Waals surface area contributed by atoms with Crippen molar-refractivity contribution >= 4 is 47.5 Å². The van der Waals surface area contributed by atoms with Crippen LogP contribution < -0.4 is 20.7 Å². The van der Waals surface area contributed by atoms with Gasteiger partial charge in [-0.05, 0) is 53.6 Å². The summed E-state index contributed by atoms with van der Waals surface area (Å²) >= 11 is 0. The first-order valence-electron chi connectivity index (χ1n) is 12.2. The molecule has 2 aliphatic rings. The van der Waals surface area contributed by atoms with Crippen LogP contribution in [0.15, 0.2) is 71.7 Å². The predicted octanol–water partition coefficient (Wildman–Crippen LogP) is 3.91. The fraction of sp³-hybridized carbons (Fsp3) is 0.214. The zero-order valence-electron chi connectivity index (χ0n) is 21.1. The molecular weight excluding hydrogens is 522 g/mol. The highest BCUT2D eigenvalue weighted by atomic mass is 35.5. The van der Waals surface area contributed by atoms with Gasteiger partial charge in [0.25, 0.3) is 11.8 Å². The summed E-state index contributed by atoms with van der Waals surface area (Å²) < 4.78 is 5.20.